The number of nitrogens with zero attached hydrogens (tertiary/aromatic N) is 3. The van der Waals surface area contributed by atoms with E-state index in [2.05, 4.69) is 31.9 Å². The molecule has 0 atom stereocenters. The maximum atomic E-state index is 12.0. The van der Waals surface area contributed by atoms with Crippen LogP contribution in [0.15, 0.2) is 34.9 Å². The molecule has 0 radical (unpaired) electrons. The molecule has 2 aromatic rings. The third kappa shape index (κ3) is 3.70. The van der Waals surface area contributed by atoms with E-state index in [1.54, 1.807) is 5.06 Å². The van der Waals surface area contributed by atoms with Crippen LogP contribution in [-0.4, -0.2) is 42.2 Å². The van der Waals surface area contributed by atoms with E-state index in [1.165, 1.54) is 5.69 Å². The Balaban J connectivity index is 1.71. The van der Waals surface area contributed by atoms with Crippen molar-refractivity contribution in [3.05, 3.63) is 34.9 Å². The first-order valence-corrected chi connectivity index (χ1v) is 8.90. The third-order valence-electron chi connectivity index (χ3n) is 4.08. The summed E-state index contributed by atoms with van der Waals surface area (Å²) in [6, 6.07) is 8.17. The molecule has 3 rings (SSSR count). The molecule has 0 amide bonds. The Morgan fingerprint density at radius 3 is 2.54 bits per heavy atom. The molecule has 0 aliphatic carbocycles. The Labute approximate surface area is 150 Å². The van der Waals surface area contributed by atoms with Crippen molar-refractivity contribution >= 4 is 38.5 Å². The smallest absolute Gasteiger partial charge is 0.330 e. The lowest BCUT2D eigenvalue weighted by molar-refractivity contribution is -0.201. The topological polar surface area (TPSA) is 45.7 Å². The number of hydroxylamine groups is 2. The molecule has 1 aromatic carbocycles. The van der Waals surface area contributed by atoms with Crippen molar-refractivity contribution in [3.8, 4) is 0 Å². The van der Waals surface area contributed by atoms with Gasteiger partial charge in [0.05, 0.1) is 24.0 Å². The number of carbonyl (C=O) groups is 1. The highest BCUT2D eigenvalue weighted by Gasteiger charge is 2.28. The molecule has 0 unspecified atom stereocenters. The van der Waals surface area contributed by atoms with E-state index < -0.39 is 5.41 Å². The average molecular weight is 392 g/mol. The summed E-state index contributed by atoms with van der Waals surface area (Å²) in [6.07, 6.45) is 1.84. The SMILES string of the molecule is CC(C)(C)C(=O)ON1CCN(c2ccnc3ccc(Br)cc23)CC1. The second-order valence-corrected chi connectivity index (χ2v) is 7.95. The van der Waals surface area contributed by atoms with Crippen LogP contribution in [0, 0.1) is 5.41 Å². The van der Waals surface area contributed by atoms with Crippen LogP contribution in [0.1, 0.15) is 20.8 Å². The van der Waals surface area contributed by atoms with E-state index >= 15 is 0 Å². The van der Waals surface area contributed by atoms with Gasteiger partial charge in [0.15, 0.2) is 0 Å². The molecule has 0 spiro atoms. The van der Waals surface area contributed by atoms with Gasteiger partial charge >= 0.3 is 5.97 Å². The fourth-order valence-electron chi connectivity index (χ4n) is 2.65. The first-order valence-electron chi connectivity index (χ1n) is 8.11. The van der Waals surface area contributed by atoms with E-state index in [0.717, 1.165) is 28.5 Å². The van der Waals surface area contributed by atoms with Crippen LogP contribution in [0.4, 0.5) is 5.69 Å². The van der Waals surface area contributed by atoms with Crippen molar-refractivity contribution < 1.29 is 9.63 Å². The van der Waals surface area contributed by atoms with E-state index in [0.29, 0.717) is 13.1 Å². The molecular weight excluding hydrogens is 370 g/mol. The summed E-state index contributed by atoms with van der Waals surface area (Å²) in [6.45, 7) is 8.61. The highest BCUT2D eigenvalue weighted by molar-refractivity contribution is 9.10. The summed E-state index contributed by atoms with van der Waals surface area (Å²) >= 11 is 3.53. The lowest BCUT2D eigenvalue weighted by atomic mass is 9.98. The standard InChI is InChI=1S/C18H22BrN3O2/c1-18(2,3)17(23)24-22-10-8-21(9-11-22)16-6-7-20-15-5-4-13(19)12-14(15)16/h4-7,12H,8-11H2,1-3H3. The van der Waals surface area contributed by atoms with Crippen LogP contribution in [0.3, 0.4) is 0 Å². The van der Waals surface area contributed by atoms with Crippen LogP contribution in [0.2, 0.25) is 0 Å². The average Bonchev–Trinajstić information content (AvgIpc) is 2.54. The number of hydrogen-bond acceptors (Lipinski definition) is 5. The van der Waals surface area contributed by atoms with E-state index in [4.69, 9.17) is 4.84 Å². The highest BCUT2D eigenvalue weighted by Crippen LogP contribution is 2.29. The minimum Gasteiger partial charge on any atom is -0.368 e. The van der Waals surface area contributed by atoms with Gasteiger partial charge in [0, 0.05) is 34.8 Å². The number of benzene rings is 1. The van der Waals surface area contributed by atoms with Crippen LogP contribution < -0.4 is 4.90 Å². The summed E-state index contributed by atoms with van der Waals surface area (Å²) in [5.74, 6) is -0.186. The number of carbonyl (C=O) groups excluding carboxylic acids is 1. The highest BCUT2D eigenvalue weighted by atomic mass is 79.9. The van der Waals surface area contributed by atoms with Crippen LogP contribution in [-0.2, 0) is 9.63 Å². The Hall–Kier alpha value is -1.66. The minimum atomic E-state index is -0.481. The van der Waals surface area contributed by atoms with Gasteiger partial charge in [-0.2, -0.15) is 0 Å². The summed E-state index contributed by atoms with van der Waals surface area (Å²) in [5, 5.41) is 2.90. The number of aromatic nitrogens is 1. The fourth-order valence-corrected chi connectivity index (χ4v) is 3.02. The summed E-state index contributed by atoms with van der Waals surface area (Å²) < 4.78 is 1.04. The number of hydrogen-bond donors (Lipinski definition) is 0. The van der Waals surface area contributed by atoms with Gasteiger partial charge in [0.1, 0.15) is 0 Å². The lowest BCUT2D eigenvalue weighted by Crippen LogP contribution is -2.48. The Morgan fingerprint density at radius 2 is 1.88 bits per heavy atom. The molecular formula is C18H22BrN3O2. The van der Waals surface area contributed by atoms with Gasteiger partial charge in [0.25, 0.3) is 0 Å². The van der Waals surface area contributed by atoms with Gasteiger partial charge < -0.3 is 9.74 Å². The zero-order valence-corrected chi connectivity index (χ0v) is 15.8. The number of halogens is 1. The first kappa shape index (κ1) is 17.2. The quantitative estimate of drug-likeness (QED) is 0.781. The molecule has 0 N–H and O–H groups in total. The molecule has 1 saturated heterocycles. The zero-order chi connectivity index (χ0) is 17.3. The van der Waals surface area contributed by atoms with Crippen molar-refractivity contribution in [2.45, 2.75) is 20.8 Å². The predicted molar refractivity (Wildman–Crippen MR) is 98.8 cm³/mol. The lowest BCUT2D eigenvalue weighted by Gasteiger charge is -2.36. The number of fused-ring (bicyclic) bond motifs is 1. The molecule has 1 aromatic heterocycles. The Kier molecular flexibility index (Phi) is 4.78. The van der Waals surface area contributed by atoms with Crippen LogP contribution >= 0.6 is 15.9 Å². The van der Waals surface area contributed by atoms with E-state index in [1.807, 2.05) is 45.2 Å². The van der Waals surface area contributed by atoms with Crippen molar-refractivity contribution in [2.24, 2.45) is 5.41 Å². The molecule has 1 aliphatic heterocycles. The van der Waals surface area contributed by atoms with Crippen molar-refractivity contribution in [1.29, 1.82) is 0 Å². The third-order valence-corrected chi connectivity index (χ3v) is 4.58. The van der Waals surface area contributed by atoms with Gasteiger partial charge in [0.2, 0.25) is 0 Å². The van der Waals surface area contributed by atoms with Crippen LogP contribution in [0.25, 0.3) is 10.9 Å². The minimum absolute atomic E-state index is 0.186. The molecule has 1 aliphatic rings. The zero-order valence-electron chi connectivity index (χ0n) is 14.3. The number of anilines is 1. The largest absolute Gasteiger partial charge is 0.368 e. The number of rotatable bonds is 2. The molecule has 0 saturated carbocycles. The fraction of sp³-hybridized carbons (Fsp3) is 0.444. The predicted octanol–water partition coefficient (Wildman–Crippen LogP) is 3.62. The number of pyridine rings is 1. The van der Waals surface area contributed by atoms with E-state index in [-0.39, 0.29) is 5.97 Å². The Morgan fingerprint density at radius 1 is 1.17 bits per heavy atom. The van der Waals surface area contributed by atoms with Crippen molar-refractivity contribution in [1.82, 2.24) is 10.0 Å². The van der Waals surface area contributed by atoms with E-state index in [9.17, 15) is 4.79 Å². The van der Waals surface area contributed by atoms with Gasteiger partial charge in [-0.25, -0.2) is 4.79 Å². The second-order valence-electron chi connectivity index (χ2n) is 7.04. The normalized spacial score (nSPS) is 16.4. The molecule has 2 heterocycles. The van der Waals surface area contributed by atoms with Crippen molar-refractivity contribution in [3.63, 3.8) is 0 Å². The van der Waals surface area contributed by atoms with Gasteiger partial charge in [-0.1, -0.05) is 15.9 Å². The summed E-state index contributed by atoms with van der Waals surface area (Å²) in [4.78, 5) is 24.2. The summed E-state index contributed by atoms with van der Waals surface area (Å²) in [7, 11) is 0. The first-order chi connectivity index (χ1) is 11.3. The molecule has 24 heavy (non-hydrogen) atoms. The monoisotopic (exact) mass is 391 g/mol. The molecule has 128 valence electrons. The van der Waals surface area contributed by atoms with Crippen LogP contribution in [0.5, 0.6) is 0 Å². The van der Waals surface area contributed by atoms with Crippen molar-refractivity contribution in [2.75, 3.05) is 31.1 Å². The second kappa shape index (κ2) is 6.69. The Bertz CT molecular complexity index is 750. The van der Waals surface area contributed by atoms with Gasteiger partial charge in [-0.05, 0) is 45.0 Å². The maximum absolute atomic E-state index is 12.0. The molecule has 1 fully saturated rings. The maximum Gasteiger partial charge on any atom is 0.330 e. The van der Waals surface area contributed by atoms with Gasteiger partial charge in [-0.15, -0.1) is 5.06 Å². The van der Waals surface area contributed by atoms with Gasteiger partial charge in [-0.3, -0.25) is 4.98 Å². The molecule has 0 bridgehead atoms. The number of piperazine rings is 1. The molecule has 5 nitrogen and oxygen atoms in total. The molecule has 6 heteroatoms. The summed E-state index contributed by atoms with van der Waals surface area (Å²) in [5.41, 5.74) is 1.67.